The Hall–Kier alpha value is -2.66. The second-order valence-electron chi connectivity index (χ2n) is 8.17. The maximum Gasteiger partial charge on any atom is 0.254 e. The normalized spacial score (nSPS) is 31.5. The predicted molar refractivity (Wildman–Crippen MR) is 103 cm³/mol. The zero-order valence-corrected chi connectivity index (χ0v) is 15.7. The number of benzene rings is 1. The van der Waals surface area contributed by atoms with Crippen molar-refractivity contribution in [1.82, 2.24) is 5.01 Å². The van der Waals surface area contributed by atoms with Crippen LogP contribution in [-0.4, -0.2) is 23.0 Å². The molecule has 1 spiro atoms. The predicted octanol–water partition coefficient (Wildman–Crippen LogP) is 4.13. The van der Waals surface area contributed by atoms with Crippen molar-refractivity contribution >= 4 is 29.6 Å². The quantitative estimate of drug-likeness (QED) is 0.448. The van der Waals surface area contributed by atoms with Crippen LogP contribution in [0.4, 0.5) is 0 Å². The first kappa shape index (κ1) is 16.3. The van der Waals surface area contributed by atoms with Crippen molar-refractivity contribution in [2.75, 3.05) is 0 Å². The van der Waals surface area contributed by atoms with Crippen LogP contribution in [-0.2, 0) is 9.59 Å². The Morgan fingerprint density at radius 2 is 1.79 bits per heavy atom. The Kier molecular flexibility index (Phi) is 3.17. The van der Waals surface area contributed by atoms with E-state index in [9.17, 15) is 9.59 Å². The van der Waals surface area contributed by atoms with Gasteiger partial charge in [-0.05, 0) is 54.4 Å². The third-order valence-corrected chi connectivity index (χ3v) is 7.10. The lowest BCUT2D eigenvalue weighted by Gasteiger charge is -2.18. The summed E-state index contributed by atoms with van der Waals surface area (Å²) < 4.78 is 5.78. The molecule has 28 heavy (non-hydrogen) atoms. The van der Waals surface area contributed by atoms with E-state index in [0.717, 1.165) is 23.4 Å². The van der Waals surface area contributed by atoms with Crippen LogP contribution >= 0.6 is 11.6 Å². The molecule has 1 aromatic heterocycles. The van der Waals surface area contributed by atoms with Crippen molar-refractivity contribution in [3.05, 3.63) is 59.3 Å². The number of hydrazone groups is 1. The molecule has 0 radical (unpaired) electrons. The fourth-order valence-electron chi connectivity index (χ4n) is 5.51. The molecule has 1 saturated heterocycles. The molecule has 2 heterocycles. The van der Waals surface area contributed by atoms with Gasteiger partial charge < -0.3 is 4.42 Å². The van der Waals surface area contributed by atoms with Crippen molar-refractivity contribution in [3.8, 4) is 11.3 Å². The van der Waals surface area contributed by atoms with Crippen molar-refractivity contribution in [1.29, 1.82) is 0 Å². The van der Waals surface area contributed by atoms with Gasteiger partial charge in [0.25, 0.3) is 11.8 Å². The highest BCUT2D eigenvalue weighted by molar-refractivity contribution is 6.30. The largest absolute Gasteiger partial charge is 0.455 e. The average Bonchev–Trinajstić information content (AvgIpc) is 2.97. The molecular weight excluding hydrogens is 376 g/mol. The second kappa shape index (κ2) is 5.45. The summed E-state index contributed by atoms with van der Waals surface area (Å²) in [5.74, 6) is 0.730. The molecule has 2 saturated carbocycles. The SMILES string of the molecule is O=C1[C@@H]2[C@H](C(=O)N1/N=C\c1ccc(-c3cccc(Cl)c3)o1)[C@H]1C=C[C@H]2C12CC2. The van der Waals surface area contributed by atoms with Gasteiger partial charge in [0.1, 0.15) is 11.5 Å². The number of allylic oxidation sites excluding steroid dienone is 2. The molecule has 0 unspecified atom stereocenters. The van der Waals surface area contributed by atoms with Gasteiger partial charge in [0.15, 0.2) is 0 Å². The van der Waals surface area contributed by atoms with Crippen LogP contribution in [0.2, 0.25) is 5.02 Å². The van der Waals surface area contributed by atoms with Gasteiger partial charge in [-0.3, -0.25) is 9.59 Å². The molecular formula is C22H17ClN2O3. The van der Waals surface area contributed by atoms with E-state index >= 15 is 0 Å². The van der Waals surface area contributed by atoms with Gasteiger partial charge in [0.05, 0.1) is 18.1 Å². The van der Waals surface area contributed by atoms with E-state index in [1.807, 2.05) is 24.3 Å². The van der Waals surface area contributed by atoms with Crippen molar-refractivity contribution in [2.45, 2.75) is 12.8 Å². The van der Waals surface area contributed by atoms with Gasteiger partial charge in [-0.1, -0.05) is 35.9 Å². The van der Waals surface area contributed by atoms with Gasteiger partial charge in [-0.2, -0.15) is 10.1 Å². The fraction of sp³-hybridized carbons (Fsp3) is 0.318. The van der Waals surface area contributed by atoms with Crippen molar-refractivity contribution < 1.29 is 14.0 Å². The van der Waals surface area contributed by atoms with Crippen LogP contribution in [0.5, 0.6) is 0 Å². The smallest absolute Gasteiger partial charge is 0.254 e. The minimum absolute atomic E-state index is 0.170. The number of carbonyl (C=O) groups is 2. The van der Waals surface area contributed by atoms with Gasteiger partial charge in [-0.25, -0.2) is 0 Å². The number of hydrogen-bond acceptors (Lipinski definition) is 4. The van der Waals surface area contributed by atoms with Crippen LogP contribution in [0.15, 0.2) is 58.1 Å². The first-order chi connectivity index (χ1) is 13.6. The molecule has 0 N–H and O–H groups in total. The molecule has 3 fully saturated rings. The van der Waals surface area contributed by atoms with Crippen LogP contribution in [0, 0.1) is 29.1 Å². The Balaban J connectivity index is 1.24. The lowest BCUT2D eigenvalue weighted by Crippen LogP contribution is -2.30. The summed E-state index contributed by atoms with van der Waals surface area (Å²) in [6, 6.07) is 10.9. The van der Waals surface area contributed by atoms with Gasteiger partial charge in [0, 0.05) is 10.6 Å². The van der Waals surface area contributed by atoms with E-state index in [1.54, 1.807) is 12.1 Å². The lowest BCUT2D eigenvalue weighted by molar-refractivity contribution is -0.141. The zero-order chi connectivity index (χ0) is 19.0. The van der Waals surface area contributed by atoms with E-state index in [1.165, 1.54) is 6.21 Å². The van der Waals surface area contributed by atoms with E-state index in [-0.39, 0.29) is 40.9 Å². The molecule has 4 aliphatic rings. The number of rotatable bonds is 3. The van der Waals surface area contributed by atoms with Gasteiger partial charge in [0.2, 0.25) is 0 Å². The molecule has 2 bridgehead atoms. The maximum absolute atomic E-state index is 12.9. The van der Waals surface area contributed by atoms with E-state index in [4.69, 9.17) is 16.0 Å². The highest BCUT2D eigenvalue weighted by Crippen LogP contribution is 2.73. The van der Waals surface area contributed by atoms with Crippen molar-refractivity contribution in [3.63, 3.8) is 0 Å². The number of nitrogens with zero attached hydrogens (tertiary/aromatic N) is 2. The van der Waals surface area contributed by atoms with Crippen LogP contribution < -0.4 is 0 Å². The Labute approximate surface area is 166 Å². The summed E-state index contributed by atoms with van der Waals surface area (Å²) in [5.41, 5.74) is 1.05. The summed E-state index contributed by atoms with van der Waals surface area (Å²) in [7, 11) is 0. The van der Waals surface area contributed by atoms with Crippen molar-refractivity contribution in [2.24, 2.45) is 34.2 Å². The zero-order valence-electron chi connectivity index (χ0n) is 14.9. The molecule has 2 aromatic rings. The van der Waals surface area contributed by atoms with E-state index in [2.05, 4.69) is 17.3 Å². The molecule has 6 heteroatoms. The van der Waals surface area contributed by atoms with Gasteiger partial charge in [-0.15, -0.1) is 0 Å². The molecule has 3 aliphatic carbocycles. The molecule has 6 rings (SSSR count). The highest BCUT2D eigenvalue weighted by Gasteiger charge is 2.73. The second-order valence-corrected chi connectivity index (χ2v) is 8.60. The third-order valence-electron chi connectivity index (χ3n) is 6.87. The Morgan fingerprint density at radius 3 is 2.43 bits per heavy atom. The van der Waals surface area contributed by atoms with Gasteiger partial charge >= 0.3 is 0 Å². The minimum Gasteiger partial charge on any atom is -0.455 e. The van der Waals surface area contributed by atoms with Crippen LogP contribution in [0.25, 0.3) is 11.3 Å². The fourth-order valence-corrected chi connectivity index (χ4v) is 5.70. The monoisotopic (exact) mass is 392 g/mol. The summed E-state index contributed by atoms with van der Waals surface area (Å²) in [5, 5.41) is 5.87. The summed E-state index contributed by atoms with van der Waals surface area (Å²) in [6.45, 7) is 0. The van der Waals surface area contributed by atoms with Crippen LogP contribution in [0.1, 0.15) is 18.6 Å². The topological polar surface area (TPSA) is 62.9 Å². The Morgan fingerprint density at radius 1 is 1.07 bits per heavy atom. The standard InChI is InChI=1S/C22H17ClN2O3/c23-13-3-1-2-12(10-13)17-7-4-14(28-17)11-24-25-20(26)18-15-5-6-16(19(18)21(25)27)22(15)8-9-22/h1-7,10-11,15-16,18-19H,8-9H2/b24-11-/t15-,16-,18-,19+/m1/s1. The molecule has 1 aliphatic heterocycles. The summed E-state index contributed by atoms with van der Waals surface area (Å²) in [4.78, 5) is 25.8. The number of furan rings is 1. The lowest BCUT2D eigenvalue weighted by atomic mass is 9.85. The number of carbonyl (C=O) groups excluding carboxylic acids is 2. The minimum atomic E-state index is -0.235. The number of amides is 2. The first-order valence-corrected chi connectivity index (χ1v) is 9.92. The molecule has 140 valence electrons. The molecule has 2 amide bonds. The highest BCUT2D eigenvalue weighted by atomic mass is 35.5. The Bertz CT molecular complexity index is 1050. The van der Waals surface area contributed by atoms with Crippen LogP contribution in [0.3, 0.4) is 0 Å². The van der Waals surface area contributed by atoms with E-state index < -0.39 is 0 Å². The maximum atomic E-state index is 12.9. The first-order valence-electron chi connectivity index (χ1n) is 9.54. The third kappa shape index (κ3) is 2.05. The molecule has 5 nitrogen and oxygen atoms in total. The summed E-state index contributed by atoms with van der Waals surface area (Å²) >= 11 is 6.03. The average molecular weight is 393 g/mol. The number of imide groups is 1. The number of hydrogen-bond donors (Lipinski definition) is 0. The number of fused-ring (bicyclic) bond motifs is 3. The number of halogens is 1. The molecule has 4 atom stereocenters. The summed E-state index contributed by atoms with van der Waals surface area (Å²) in [6.07, 6.45) is 8.00. The van der Waals surface area contributed by atoms with E-state index in [0.29, 0.717) is 16.5 Å². The molecule has 1 aromatic carbocycles.